The molecule has 1 radical (unpaired) electrons. The number of hydrogen-bond donors (Lipinski definition) is 0. The Kier molecular flexibility index (Phi) is 3.14. The Hall–Kier alpha value is -1.44. The molecule has 0 bridgehead atoms. The van der Waals surface area contributed by atoms with Gasteiger partial charge in [-0.05, 0) is 31.5 Å². The van der Waals surface area contributed by atoms with Gasteiger partial charge in [0.2, 0.25) is 0 Å². The summed E-state index contributed by atoms with van der Waals surface area (Å²) in [5, 5.41) is 2.31. The number of benzene rings is 1. The molecule has 17 heavy (non-hydrogen) atoms. The first kappa shape index (κ1) is 12.0. The number of nitrogens with zero attached hydrogens (tertiary/aromatic N) is 2. The molecule has 0 saturated heterocycles. The van der Waals surface area contributed by atoms with Gasteiger partial charge in [-0.25, -0.2) is 0 Å². The van der Waals surface area contributed by atoms with E-state index in [1.54, 1.807) is 0 Å². The molecule has 0 amide bonds. The largest absolute Gasteiger partial charge is 0.254 e. The first-order chi connectivity index (χ1) is 7.75. The molecule has 2 nitrogen and oxygen atoms in total. The minimum Gasteiger partial charge on any atom is -0.254 e. The second kappa shape index (κ2) is 4.44. The first-order valence-corrected chi connectivity index (χ1v) is 5.37. The van der Waals surface area contributed by atoms with E-state index in [1.807, 2.05) is 19.2 Å². The molecule has 0 aliphatic rings. The maximum absolute atomic E-state index is 4.64. The molecule has 0 aliphatic carbocycles. The molecule has 3 rings (SSSR count). The number of pyridine rings is 2. The number of rotatable bonds is 0. The maximum atomic E-state index is 4.64. The Morgan fingerprint density at radius 2 is 1.71 bits per heavy atom. The second-order valence-corrected chi connectivity index (χ2v) is 4.10. The molecule has 2 heterocycles. The summed E-state index contributed by atoms with van der Waals surface area (Å²) in [5.74, 6) is 0. The van der Waals surface area contributed by atoms with E-state index < -0.39 is 0 Å². The number of hydrogen-bond acceptors (Lipinski definition) is 2. The van der Waals surface area contributed by atoms with Gasteiger partial charge >= 0.3 is 0 Å². The standard InChI is InChI=1S/C14H12N2.Cu/c1-9-8-12-6-5-11-4-3-7-15-13(11)14(12)16-10(9)2;/h3-8H,1-2H3;. The number of aromatic nitrogens is 2. The average molecular weight is 272 g/mol. The van der Waals surface area contributed by atoms with E-state index in [2.05, 4.69) is 41.2 Å². The first-order valence-electron chi connectivity index (χ1n) is 5.37. The van der Waals surface area contributed by atoms with Crippen molar-refractivity contribution in [1.29, 1.82) is 0 Å². The summed E-state index contributed by atoms with van der Waals surface area (Å²) in [6.45, 7) is 4.13. The van der Waals surface area contributed by atoms with Crippen molar-refractivity contribution in [3.8, 4) is 0 Å². The summed E-state index contributed by atoms with van der Waals surface area (Å²) < 4.78 is 0. The molecule has 3 heteroatoms. The Morgan fingerprint density at radius 1 is 0.941 bits per heavy atom. The third-order valence-electron chi connectivity index (χ3n) is 3.00. The number of fused-ring (bicyclic) bond motifs is 3. The third kappa shape index (κ3) is 1.92. The molecule has 0 fully saturated rings. The van der Waals surface area contributed by atoms with Gasteiger partial charge in [-0.3, -0.25) is 9.97 Å². The van der Waals surface area contributed by atoms with Gasteiger partial charge in [0.25, 0.3) is 0 Å². The summed E-state index contributed by atoms with van der Waals surface area (Å²) in [6.07, 6.45) is 1.82. The smallest absolute Gasteiger partial charge is 0.0967 e. The summed E-state index contributed by atoms with van der Waals surface area (Å²) in [5.41, 5.74) is 4.29. The molecular formula is C14H12CuN2. The molecule has 89 valence electrons. The van der Waals surface area contributed by atoms with Gasteiger partial charge in [-0.2, -0.15) is 0 Å². The molecular weight excluding hydrogens is 260 g/mol. The van der Waals surface area contributed by atoms with Crippen LogP contribution in [0.5, 0.6) is 0 Å². The molecule has 2 aromatic heterocycles. The predicted octanol–water partition coefficient (Wildman–Crippen LogP) is 3.40. The summed E-state index contributed by atoms with van der Waals surface area (Å²) in [6, 6.07) is 10.4. The van der Waals surface area contributed by atoms with Gasteiger partial charge in [0.15, 0.2) is 0 Å². The van der Waals surface area contributed by atoms with Crippen LogP contribution in [0.15, 0.2) is 36.5 Å². The number of aryl methyl sites for hydroxylation is 2. The van der Waals surface area contributed by atoms with Crippen molar-refractivity contribution in [1.82, 2.24) is 9.97 Å². The fraction of sp³-hybridized carbons (Fsp3) is 0.143. The van der Waals surface area contributed by atoms with E-state index in [0.717, 1.165) is 27.5 Å². The van der Waals surface area contributed by atoms with Crippen LogP contribution in [-0.4, -0.2) is 9.97 Å². The Morgan fingerprint density at radius 3 is 2.53 bits per heavy atom. The van der Waals surface area contributed by atoms with Gasteiger partial charge in [-0.1, -0.05) is 18.2 Å². The zero-order chi connectivity index (χ0) is 11.1. The zero-order valence-electron chi connectivity index (χ0n) is 9.66. The van der Waals surface area contributed by atoms with Crippen molar-refractivity contribution in [2.24, 2.45) is 0 Å². The molecule has 0 saturated carbocycles. The fourth-order valence-electron chi connectivity index (χ4n) is 1.97. The van der Waals surface area contributed by atoms with E-state index in [9.17, 15) is 0 Å². The van der Waals surface area contributed by atoms with Crippen LogP contribution in [0.4, 0.5) is 0 Å². The van der Waals surface area contributed by atoms with Crippen molar-refractivity contribution in [3.63, 3.8) is 0 Å². The summed E-state index contributed by atoms with van der Waals surface area (Å²) in [4.78, 5) is 9.06. The van der Waals surface area contributed by atoms with Crippen LogP contribution in [0.2, 0.25) is 0 Å². The van der Waals surface area contributed by atoms with Crippen LogP contribution in [0.1, 0.15) is 11.3 Å². The molecule has 3 aromatic rings. The predicted molar refractivity (Wildman–Crippen MR) is 66.5 cm³/mol. The Balaban J connectivity index is 0.00000108. The van der Waals surface area contributed by atoms with Gasteiger partial charge in [0.1, 0.15) is 0 Å². The Labute approximate surface area is 111 Å². The van der Waals surface area contributed by atoms with Crippen LogP contribution >= 0.6 is 0 Å². The quantitative estimate of drug-likeness (QED) is 0.463. The molecule has 0 spiro atoms. The van der Waals surface area contributed by atoms with Gasteiger partial charge in [0.05, 0.1) is 11.0 Å². The van der Waals surface area contributed by atoms with Crippen molar-refractivity contribution in [3.05, 3.63) is 47.8 Å². The van der Waals surface area contributed by atoms with Crippen LogP contribution in [0.25, 0.3) is 21.8 Å². The minimum atomic E-state index is 0. The fourth-order valence-corrected chi connectivity index (χ4v) is 1.97. The second-order valence-electron chi connectivity index (χ2n) is 4.10. The average Bonchev–Trinajstić information content (AvgIpc) is 2.31. The van der Waals surface area contributed by atoms with Crippen LogP contribution in [0, 0.1) is 13.8 Å². The van der Waals surface area contributed by atoms with E-state index in [-0.39, 0.29) is 17.1 Å². The normalized spacial score (nSPS) is 10.5. The van der Waals surface area contributed by atoms with Crippen LogP contribution < -0.4 is 0 Å². The topological polar surface area (TPSA) is 25.8 Å². The minimum absolute atomic E-state index is 0. The Bertz CT molecular complexity index is 692. The van der Waals surface area contributed by atoms with Crippen LogP contribution in [0.3, 0.4) is 0 Å². The van der Waals surface area contributed by atoms with Gasteiger partial charge in [-0.15, -0.1) is 0 Å². The van der Waals surface area contributed by atoms with Crippen molar-refractivity contribution >= 4 is 21.8 Å². The molecule has 0 N–H and O–H groups in total. The molecule has 0 atom stereocenters. The molecule has 1 aromatic carbocycles. The SMILES string of the molecule is Cc1cc2ccc3cccnc3c2nc1C.[Cu]. The van der Waals surface area contributed by atoms with Gasteiger partial charge < -0.3 is 0 Å². The third-order valence-corrected chi connectivity index (χ3v) is 3.00. The van der Waals surface area contributed by atoms with E-state index in [1.165, 1.54) is 5.56 Å². The summed E-state index contributed by atoms with van der Waals surface area (Å²) in [7, 11) is 0. The van der Waals surface area contributed by atoms with Crippen molar-refractivity contribution < 1.29 is 17.1 Å². The maximum Gasteiger partial charge on any atom is 0.0967 e. The van der Waals surface area contributed by atoms with Crippen molar-refractivity contribution in [2.45, 2.75) is 13.8 Å². The van der Waals surface area contributed by atoms with Crippen molar-refractivity contribution in [2.75, 3.05) is 0 Å². The van der Waals surface area contributed by atoms with Gasteiger partial charge in [0, 0.05) is 39.7 Å². The van der Waals surface area contributed by atoms with E-state index in [4.69, 9.17) is 0 Å². The van der Waals surface area contributed by atoms with E-state index >= 15 is 0 Å². The molecule has 0 unspecified atom stereocenters. The van der Waals surface area contributed by atoms with Crippen LogP contribution in [-0.2, 0) is 17.1 Å². The monoisotopic (exact) mass is 271 g/mol. The van der Waals surface area contributed by atoms with E-state index in [0.29, 0.717) is 0 Å². The summed E-state index contributed by atoms with van der Waals surface area (Å²) >= 11 is 0. The zero-order valence-corrected chi connectivity index (χ0v) is 10.6. The molecule has 0 aliphatic heterocycles.